The van der Waals surface area contributed by atoms with Gasteiger partial charge in [0.1, 0.15) is 34.1 Å². The minimum Gasteiger partial charge on any atom is -0.508 e. The Morgan fingerprint density at radius 1 is 0.912 bits per heavy atom. The van der Waals surface area contributed by atoms with E-state index >= 15 is 0 Å². The lowest BCUT2D eigenvalue weighted by Crippen LogP contribution is -2.39. The van der Waals surface area contributed by atoms with Crippen molar-refractivity contribution in [1.82, 2.24) is 0 Å². The average molecular weight is 471 g/mol. The molecular formula is C27H34O7. The first-order chi connectivity index (χ1) is 16.1. The summed E-state index contributed by atoms with van der Waals surface area (Å²) in [7, 11) is 0. The maximum atomic E-state index is 13.1. The van der Waals surface area contributed by atoms with Crippen LogP contribution in [-0.4, -0.2) is 27.9 Å². The number of aryl methyl sites for hydroxylation is 2. The molecule has 0 fully saturated rings. The molecule has 0 saturated heterocycles. The van der Waals surface area contributed by atoms with Gasteiger partial charge in [0.05, 0.1) is 0 Å². The number of hydrogen-bond acceptors (Lipinski definition) is 7. The van der Waals surface area contributed by atoms with Crippen LogP contribution in [0.5, 0.6) is 23.0 Å². The smallest absolute Gasteiger partial charge is 0.347 e. The molecule has 0 bridgehead atoms. The summed E-state index contributed by atoms with van der Waals surface area (Å²) in [6.45, 7) is 7.44. The normalized spacial score (nSPS) is 14.2. The fourth-order valence-electron chi connectivity index (χ4n) is 4.16. The maximum Gasteiger partial charge on any atom is 0.347 e. The van der Waals surface area contributed by atoms with E-state index in [9.17, 15) is 19.8 Å². The third-order valence-electron chi connectivity index (χ3n) is 5.75. The molecule has 0 aromatic heterocycles. The summed E-state index contributed by atoms with van der Waals surface area (Å²) in [4.78, 5) is 25.8. The number of rotatable bonds is 10. The molecule has 7 heteroatoms. The minimum atomic E-state index is -1.14. The lowest BCUT2D eigenvalue weighted by atomic mass is 9.98. The molecule has 0 unspecified atom stereocenters. The van der Waals surface area contributed by atoms with Crippen molar-refractivity contribution in [3.05, 3.63) is 46.5 Å². The number of phenolic OH excluding ortho intramolecular Hbond substituents is 2. The third kappa shape index (κ3) is 6.01. The molecule has 2 aromatic carbocycles. The van der Waals surface area contributed by atoms with Crippen LogP contribution in [0.1, 0.15) is 98.1 Å². The Labute approximate surface area is 200 Å². The number of esters is 2. The first kappa shape index (κ1) is 25.4. The van der Waals surface area contributed by atoms with E-state index in [-0.39, 0.29) is 22.8 Å². The van der Waals surface area contributed by atoms with Gasteiger partial charge in [-0.1, -0.05) is 39.5 Å². The van der Waals surface area contributed by atoms with Gasteiger partial charge in [-0.15, -0.1) is 0 Å². The molecule has 0 atom stereocenters. The standard InChI is InChI=1S/C27H34O7/c1-5-7-9-11-17-13-19(28)15-21(29)23(17)25(30)32-20-14-18(12-10-8-6-2)24-22(16-20)33-27(3,4)34-26(24)31/h13-16,28-29H,5-12H2,1-4H3. The molecule has 1 aliphatic rings. The Morgan fingerprint density at radius 2 is 1.56 bits per heavy atom. The van der Waals surface area contributed by atoms with Crippen LogP contribution in [-0.2, 0) is 17.6 Å². The van der Waals surface area contributed by atoms with Crippen LogP contribution in [0.25, 0.3) is 0 Å². The van der Waals surface area contributed by atoms with Gasteiger partial charge in [0.15, 0.2) is 0 Å². The number of benzene rings is 2. The molecular weight excluding hydrogens is 436 g/mol. The van der Waals surface area contributed by atoms with Gasteiger partial charge in [-0.3, -0.25) is 0 Å². The summed E-state index contributed by atoms with van der Waals surface area (Å²) >= 11 is 0. The number of fused-ring (bicyclic) bond motifs is 1. The Bertz CT molecular complexity index is 1060. The summed E-state index contributed by atoms with van der Waals surface area (Å²) in [5.74, 6) is -2.27. The van der Waals surface area contributed by atoms with Crippen LogP contribution >= 0.6 is 0 Å². The van der Waals surface area contributed by atoms with E-state index in [1.165, 1.54) is 12.1 Å². The van der Waals surface area contributed by atoms with E-state index in [0.29, 0.717) is 35.3 Å². The second-order valence-corrected chi connectivity index (χ2v) is 9.15. The van der Waals surface area contributed by atoms with Gasteiger partial charge >= 0.3 is 11.9 Å². The zero-order chi connectivity index (χ0) is 24.9. The monoisotopic (exact) mass is 470 g/mol. The Hall–Kier alpha value is -3.22. The molecule has 2 aromatic rings. The van der Waals surface area contributed by atoms with Gasteiger partial charge in [-0.25, -0.2) is 9.59 Å². The molecule has 1 aliphatic heterocycles. The average Bonchev–Trinajstić information content (AvgIpc) is 2.72. The van der Waals surface area contributed by atoms with Crippen LogP contribution < -0.4 is 9.47 Å². The molecule has 0 saturated carbocycles. The second-order valence-electron chi connectivity index (χ2n) is 9.15. The highest BCUT2D eigenvalue weighted by Gasteiger charge is 2.36. The van der Waals surface area contributed by atoms with Gasteiger partial charge < -0.3 is 24.4 Å². The van der Waals surface area contributed by atoms with Crippen LogP contribution in [0.4, 0.5) is 0 Å². The van der Waals surface area contributed by atoms with Crippen molar-refractivity contribution < 1.29 is 34.0 Å². The fraction of sp³-hybridized carbons (Fsp3) is 0.481. The minimum absolute atomic E-state index is 0.0276. The molecule has 0 spiro atoms. The summed E-state index contributed by atoms with van der Waals surface area (Å²) in [6, 6.07) is 5.78. The zero-order valence-electron chi connectivity index (χ0n) is 20.4. The van der Waals surface area contributed by atoms with Crippen LogP contribution in [0.2, 0.25) is 0 Å². The van der Waals surface area contributed by atoms with Gasteiger partial charge in [-0.05, 0) is 48.9 Å². The fourth-order valence-corrected chi connectivity index (χ4v) is 4.16. The van der Waals surface area contributed by atoms with Crippen molar-refractivity contribution in [3.63, 3.8) is 0 Å². The second kappa shape index (κ2) is 10.8. The van der Waals surface area contributed by atoms with Crippen molar-refractivity contribution in [2.24, 2.45) is 0 Å². The summed E-state index contributed by atoms with van der Waals surface area (Å²) in [5, 5.41) is 20.3. The number of carbonyl (C=O) groups is 2. The number of cyclic esters (lactones) is 1. The largest absolute Gasteiger partial charge is 0.508 e. The molecule has 1 heterocycles. The van der Waals surface area contributed by atoms with E-state index in [0.717, 1.165) is 44.6 Å². The summed E-state index contributed by atoms with van der Waals surface area (Å²) in [5.41, 5.74) is 1.59. The Kier molecular flexibility index (Phi) is 8.07. The van der Waals surface area contributed by atoms with Crippen molar-refractivity contribution in [2.75, 3.05) is 0 Å². The topological polar surface area (TPSA) is 102 Å². The van der Waals surface area contributed by atoms with Crippen LogP contribution in [0, 0.1) is 0 Å². The van der Waals surface area contributed by atoms with E-state index in [1.54, 1.807) is 19.9 Å². The maximum absolute atomic E-state index is 13.1. The van der Waals surface area contributed by atoms with E-state index in [2.05, 4.69) is 13.8 Å². The first-order valence-electron chi connectivity index (χ1n) is 12.0. The molecule has 0 aliphatic carbocycles. The number of unbranched alkanes of at least 4 members (excludes halogenated alkanes) is 4. The molecule has 34 heavy (non-hydrogen) atoms. The number of phenols is 2. The molecule has 184 valence electrons. The SMILES string of the molecule is CCCCCc1cc(O)cc(O)c1C(=O)Oc1cc(CCCCC)c2c(c1)OC(C)(C)OC2=O. The van der Waals surface area contributed by atoms with E-state index in [1.807, 2.05) is 0 Å². The molecule has 0 radical (unpaired) electrons. The van der Waals surface area contributed by atoms with Crippen LogP contribution in [0.3, 0.4) is 0 Å². The molecule has 0 amide bonds. The van der Waals surface area contributed by atoms with Crippen molar-refractivity contribution in [2.45, 2.75) is 84.8 Å². The molecule has 3 rings (SSSR count). The highest BCUT2D eigenvalue weighted by atomic mass is 16.7. The van der Waals surface area contributed by atoms with E-state index < -0.39 is 17.7 Å². The Morgan fingerprint density at radius 3 is 2.21 bits per heavy atom. The number of carbonyl (C=O) groups excluding carboxylic acids is 2. The van der Waals surface area contributed by atoms with Crippen molar-refractivity contribution in [3.8, 4) is 23.0 Å². The zero-order valence-corrected chi connectivity index (χ0v) is 20.4. The molecule has 2 N–H and O–H groups in total. The predicted octanol–water partition coefficient (Wildman–Crippen LogP) is 6.07. The van der Waals surface area contributed by atoms with Crippen molar-refractivity contribution in [1.29, 1.82) is 0 Å². The Balaban J connectivity index is 1.96. The number of aromatic hydroxyl groups is 2. The number of hydrogen-bond donors (Lipinski definition) is 2. The highest BCUT2D eigenvalue weighted by Crippen LogP contribution is 2.38. The summed E-state index contributed by atoms with van der Waals surface area (Å²) < 4.78 is 16.9. The summed E-state index contributed by atoms with van der Waals surface area (Å²) in [6.07, 6.45) is 6.76. The van der Waals surface area contributed by atoms with Gasteiger partial charge in [0, 0.05) is 26.0 Å². The molecule has 7 nitrogen and oxygen atoms in total. The number of ether oxygens (including phenoxy) is 3. The predicted molar refractivity (Wildman–Crippen MR) is 128 cm³/mol. The first-order valence-corrected chi connectivity index (χ1v) is 12.0. The van der Waals surface area contributed by atoms with E-state index in [4.69, 9.17) is 14.2 Å². The van der Waals surface area contributed by atoms with Crippen molar-refractivity contribution >= 4 is 11.9 Å². The third-order valence-corrected chi connectivity index (χ3v) is 5.75. The van der Waals surface area contributed by atoms with Crippen LogP contribution in [0.15, 0.2) is 24.3 Å². The van der Waals surface area contributed by atoms with Gasteiger partial charge in [-0.2, -0.15) is 0 Å². The van der Waals surface area contributed by atoms with Gasteiger partial charge in [0.2, 0.25) is 5.79 Å². The lowest BCUT2D eigenvalue weighted by Gasteiger charge is -2.32. The highest BCUT2D eigenvalue weighted by molar-refractivity contribution is 5.97. The quantitative estimate of drug-likeness (QED) is 0.247. The van der Waals surface area contributed by atoms with Gasteiger partial charge in [0.25, 0.3) is 0 Å². The lowest BCUT2D eigenvalue weighted by molar-refractivity contribution is -0.127.